The van der Waals surface area contributed by atoms with Gasteiger partial charge in [0.1, 0.15) is 0 Å². The van der Waals surface area contributed by atoms with Gasteiger partial charge in [-0.25, -0.2) is 0 Å². The second kappa shape index (κ2) is 14.8. The summed E-state index contributed by atoms with van der Waals surface area (Å²) in [5, 5.41) is 3.93. The zero-order chi connectivity index (χ0) is 30.2. The first-order valence-electron chi connectivity index (χ1n) is 14.3. The maximum Gasteiger partial charge on any atom is 0.160 e. The van der Waals surface area contributed by atoms with E-state index < -0.39 is 28.6 Å². The Morgan fingerprint density at radius 1 is 0.463 bits per heavy atom. The lowest BCUT2D eigenvalue weighted by Gasteiger charge is -2.46. The van der Waals surface area contributed by atoms with Crippen LogP contribution in [0.4, 0.5) is 0 Å². The molecular weight excluding hydrogens is 565 g/mol. The van der Waals surface area contributed by atoms with E-state index in [1.54, 1.807) is 42.7 Å². The zero-order valence-corrected chi connectivity index (χ0v) is 30.7. The maximum atomic E-state index is 5.87. The van der Waals surface area contributed by atoms with Gasteiger partial charge in [-0.3, -0.25) is 0 Å². The monoisotopic (exact) mass is 612 g/mol. The summed E-state index contributed by atoms with van der Waals surface area (Å²) in [4.78, 5) is 0. The number of hydrogen-bond donors (Lipinski definition) is 0. The number of ether oxygens (including phenoxy) is 6. The van der Waals surface area contributed by atoms with Crippen molar-refractivity contribution >= 4 is 44.1 Å². The summed E-state index contributed by atoms with van der Waals surface area (Å²) in [7, 11) is 8.11. The van der Waals surface area contributed by atoms with Crippen LogP contribution in [0.15, 0.2) is 54.6 Å². The minimum atomic E-state index is -0.752. The molecule has 0 bridgehead atoms. The van der Waals surface area contributed by atoms with Crippen LogP contribution in [0, 0.1) is 5.41 Å². The van der Waals surface area contributed by atoms with Crippen molar-refractivity contribution in [3.05, 3.63) is 54.6 Å². The van der Waals surface area contributed by atoms with Crippen molar-refractivity contribution in [1.82, 2.24) is 0 Å². The normalized spacial score (nSPS) is 15.7. The summed E-state index contributed by atoms with van der Waals surface area (Å²) in [6.07, 6.45) is 0. The van der Waals surface area contributed by atoms with Crippen molar-refractivity contribution in [2.24, 2.45) is 5.41 Å². The van der Waals surface area contributed by atoms with E-state index in [4.69, 9.17) is 28.4 Å². The molecule has 0 radical (unpaired) electrons. The zero-order valence-electron chi connectivity index (χ0n) is 26.5. The average molecular weight is 613 g/mol. The van der Waals surface area contributed by atoms with Crippen molar-refractivity contribution in [2.75, 3.05) is 42.7 Å². The molecule has 0 fully saturated rings. The van der Waals surface area contributed by atoms with Crippen LogP contribution in [0.5, 0.6) is 34.5 Å². The van der Waals surface area contributed by atoms with Gasteiger partial charge < -0.3 is 28.4 Å². The van der Waals surface area contributed by atoms with Crippen LogP contribution in [-0.2, 0) is 0 Å². The van der Waals surface area contributed by atoms with Crippen LogP contribution in [0.25, 0.3) is 0 Å². The fraction of sp³-hybridized carbons (Fsp3) is 0.438. The first-order chi connectivity index (χ1) is 19.7. The van der Waals surface area contributed by atoms with Gasteiger partial charge in [0.05, 0.1) is 71.2 Å². The van der Waals surface area contributed by atoms with Crippen molar-refractivity contribution in [2.45, 2.75) is 44.3 Å². The van der Waals surface area contributed by atoms with E-state index in [0.717, 1.165) is 34.5 Å². The van der Waals surface area contributed by atoms with Crippen LogP contribution >= 0.6 is 0 Å². The second-order valence-electron chi connectivity index (χ2n) is 11.1. The van der Waals surface area contributed by atoms with Gasteiger partial charge in [-0.2, -0.15) is 0 Å². The lowest BCUT2D eigenvalue weighted by molar-refractivity contribution is 0.284. The molecule has 0 saturated heterocycles. The minimum absolute atomic E-state index is 0.0843. The standard InChI is InChI=1S/C32H48O6Si3/c1-20(39-26-17-11-14-23(33-5)29(26)36-8)32(4,21(2)40-27-18-12-15-24(34-6)30(27)37-9)22(3)41-28-19-13-16-25(35-7)31(28)38-10/h11-22H,39-41H2,1-10H3. The molecule has 3 aromatic rings. The highest BCUT2D eigenvalue weighted by molar-refractivity contribution is 6.60. The molecule has 3 aromatic carbocycles. The Morgan fingerprint density at radius 3 is 0.951 bits per heavy atom. The molecule has 3 unspecified atom stereocenters. The first kappa shape index (κ1) is 32.6. The average Bonchev–Trinajstić information content (AvgIpc) is 2.99. The quantitative estimate of drug-likeness (QED) is 0.246. The number of benzene rings is 3. The number of hydrogen-bond acceptors (Lipinski definition) is 6. The van der Waals surface area contributed by atoms with Gasteiger partial charge in [-0.15, -0.1) is 0 Å². The minimum Gasteiger partial charge on any atom is -0.493 e. The highest BCUT2D eigenvalue weighted by Gasteiger charge is 2.42. The first-order valence-corrected chi connectivity index (χ1v) is 18.9. The summed E-state index contributed by atoms with van der Waals surface area (Å²) in [6, 6.07) is 18.9. The van der Waals surface area contributed by atoms with E-state index in [2.05, 4.69) is 64.1 Å². The van der Waals surface area contributed by atoms with Gasteiger partial charge in [0, 0.05) is 0 Å². The Hall–Kier alpha value is -2.89. The molecule has 6 nitrogen and oxygen atoms in total. The van der Waals surface area contributed by atoms with Crippen molar-refractivity contribution in [3.63, 3.8) is 0 Å². The van der Waals surface area contributed by atoms with Gasteiger partial charge in [0.25, 0.3) is 0 Å². The summed E-state index contributed by atoms with van der Waals surface area (Å²) in [5.74, 6) is 5.06. The lowest BCUT2D eigenvalue weighted by Crippen LogP contribution is -2.43. The highest BCUT2D eigenvalue weighted by Crippen LogP contribution is 2.51. The number of rotatable bonds is 15. The number of para-hydroxylation sites is 3. The smallest absolute Gasteiger partial charge is 0.160 e. The van der Waals surface area contributed by atoms with Crippen molar-refractivity contribution < 1.29 is 28.4 Å². The van der Waals surface area contributed by atoms with E-state index in [1.165, 1.54) is 15.6 Å². The molecule has 0 aliphatic rings. The molecule has 224 valence electrons. The van der Waals surface area contributed by atoms with Gasteiger partial charge in [0.2, 0.25) is 0 Å². The largest absolute Gasteiger partial charge is 0.493 e. The Balaban J connectivity index is 2.06. The topological polar surface area (TPSA) is 55.4 Å². The molecule has 0 spiro atoms. The Kier molecular flexibility index (Phi) is 11.8. The van der Waals surface area contributed by atoms with Gasteiger partial charge in [-0.1, -0.05) is 64.1 Å². The molecule has 0 aromatic heterocycles. The lowest BCUT2D eigenvalue weighted by atomic mass is 9.80. The van der Waals surface area contributed by atoms with Crippen LogP contribution in [0.1, 0.15) is 27.7 Å². The molecule has 0 amide bonds. The molecule has 0 aliphatic heterocycles. The van der Waals surface area contributed by atoms with Crippen LogP contribution in [0.2, 0.25) is 16.6 Å². The summed E-state index contributed by atoms with van der Waals surface area (Å²) in [6.45, 7) is 9.93. The summed E-state index contributed by atoms with van der Waals surface area (Å²) in [5.41, 5.74) is 1.59. The van der Waals surface area contributed by atoms with E-state index >= 15 is 0 Å². The predicted octanol–water partition coefficient (Wildman–Crippen LogP) is 2.95. The SMILES string of the molecule is COc1cccc([SiH2]C(C)C(C)(C(C)[SiH2]c2cccc(OC)c2OC)C(C)[SiH2]c2cccc(OC)c2OC)c1OC. The van der Waals surface area contributed by atoms with Gasteiger partial charge in [0.15, 0.2) is 34.5 Å². The molecule has 0 N–H and O–H groups in total. The molecule has 0 heterocycles. The predicted molar refractivity (Wildman–Crippen MR) is 180 cm³/mol. The Labute approximate surface area is 253 Å². The summed E-state index contributed by atoms with van der Waals surface area (Å²) >= 11 is 0. The molecule has 3 rings (SSSR count). The van der Waals surface area contributed by atoms with E-state index in [9.17, 15) is 0 Å². The van der Waals surface area contributed by atoms with Crippen molar-refractivity contribution in [3.8, 4) is 34.5 Å². The maximum absolute atomic E-state index is 5.87. The van der Waals surface area contributed by atoms with E-state index in [1.807, 2.05) is 18.2 Å². The molecule has 0 aliphatic carbocycles. The van der Waals surface area contributed by atoms with Gasteiger partial charge in [-0.05, 0) is 55.8 Å². The van der Waals surface area contributed by atoms with Crippen LogP contribution < -0.4 is 44.0 Å². The van der Waals surface area contributed by atoms with E-state index in [0.29, 0.717) is 16.6 Å². The fourth-order valence-corrected chi connectivity index (χ4v) is 15.5. The Bertz CT molecular complexity index is 1130. The third kappa shape index (κ3) is 6.95. The molecule has 41 heavy (non-hydrogen) atoms. The Morgan fingerprint density at radius 2 is 0.732 bits per heavy atom. The van der Waals surface area contributed by atoms with Crippen LogP contribution in [0.3, 0.4) is 0 Å². The molecule has 9 heteroatoms. The third-order valence-corrected chi connectivity index (χ3v) is 16.7. The highest BCUT2D eigenvalue weighted by atomic mass is 28.2. The molecular formula is C32H48O6Si3. The van der Waals surface area contributed by atoms with Gasteiger partial charge >= 0.3 is 0 Å². The molecule has 3 atom stereocenters. The summed E-state index contributed by atoms with van der Waals surface area (Å²) < 4.78 is 34.6. The van der Waals surface area contributed by atoms with Crippen molar-refractivity contribution in [1.29, 1.82) is 0 Å². The van der Waals surface area contributed by atoms with E-state index in [-0.39, 0.29) is 5.41 Å². The molecule has 0 saturated carbocycles. The fourth-order valence-electron chi connectivity index (χ4n) is 6.45. The third-order valence-electron chi connectivity index (χ3n) is 9.22. The number of methoxy groups -OCH3 is 6. The van der Waals surface area contributed by atoms with Crippen LogP contribution in [-0.4, -0.2) is 71.2 Å². The second-order valence-corrected chi connectivity index (χ2v) is 18.3.